The Morgan fingerprint density at radius 2 is 2.00 bits per heavy atom. The number of rotatable bonds is 3. The molecule has 0 unspecified atom stereocenters. The Kier molecular flexibility index (Phi) is 4.66. The first-order valence-corrected chi connectivity index (χ1v) is 8.72. The number of nitrogens with two attached hydrogens (primary N) is 1. The van der Waals surface area contributed by atoms with Gasteiger partial charge in [-0.25, -0.2) is 13.1 Å². The summed E-state index contributed by atoms with van der Waals surface area (Å²) in [5.41, 5.74) is 6.88. The summed E-state index contributed by atoms with van der Waals surface area (Å²) in [6, 6.07) is 4.79. The van der Waals surface area contributed by atoms with Gasteiger partial charge < -0.3 is 5.73 Å². The Hall–Kier alpha value is -0.430. The lowest BCUT2D eigenvalue weighted by Crippen LogP contribution is -2.49. The Bertz CT molecular complexity index is 560. The van der Waals surface area contributed by atoms with Crippen LogP contribution in [0.15, 0.2) is 27.6 Å². The number of nitrogens with one attached hydrogen (secondary N) is 1. The van der Waals surface area contributed by atoms with Crippen LogP contribution < -0.4 is 10.5 Å². The van der Waals surface area contributed by atoms with Gasteiger partial charge in [0.05, 0.1) is 4.90 Å². The lowest BCUT2D eigenvalue weighted by Gasteiger charge is -2.29. The standard InChI is InChI=1S/C13H19BrN2O2S/c1-9-8-10(6-7-11(9)14)19(17,18)16-13-5-3-2-4-12(13)15/h6-8,12-13,16H,2-5,15H2,1H3/t12-,13-/m1/s1. The molecular formula is C13H19BrN2O2S. The van der Waals surface area contributed by atoms with E-state index >= 15 is 0 Å². The lowest BCUT2D eigenvalue weighted by atomic mass is 9.92. The van der Waals surface area contributed by atoms with Crippen LogP contribution in [0.1, 0.15) is 31.2 Å². The molecule has 0 heterocycles. The molecule has 1 saturated carbocycles. The van der Waals surface area contributed by atoms with Crippen molar-refractivity contribution in [1.29, 1.82) is 0 Å². The summed E-state index contributed by atoms with van der Waals surface area (Å²) >= 11 is 3.37. The predicted molar refractivity (Wildman–Crippen MR) is 79.4 cm³/mol. The van der Waals surface area contributed by atoms with Crippen molar-refractivity contribution in [3.05, 3.63) is 28.2 Å². The van der Waals surface area contributed by atoms with Gasteiger partial charge in [-0.05, 0) is 43.5 Å². The average Bonchev–Trinajstić information content (AvgIpc) is 2.35. The highest BCUT2D eigenvalue weighted by molar-refractivity contribution is 9.10. The van der Waals surface area contributed by atoms with Crippen LogP contribution in [0.2, 0.25) is 0 Å². The van der Waals surface area contributed by atoms with Crippen LogP contribution in [-0.4, -0.2) is 20.5 Å². The van der Waals surface area contributed by atoms with E-state index in [1.54, 1.807) is 18.2 Å². The number of sulfonamides is 1. The van der Waals surface area contributed by atoms with Gasteiger partial charge in [0, 0.05) is 16.6 Å². The molecule has 0 bridgehead atoms. The molecular weight excluding hydrogens is 328 g/mol. The van der Waals surface area contributed by atoms with E-state index in [2.05, 4.69) is 20.7 Å². The maximum Gasteiger partial charge on any atom is 0.240 e. The van der Waals surface area contributed by atoms with E-state index in [4.69, 9.17) is 5.73 Å². The summed E-state index contributed by atoms with van der Waals surface area (Å²) < 4.78 is 28.3. The minimum Gasteiger partial charge on any atom is -0.326 e. The summed E-state index contributed by atoms with van der Waals surface area (Å²) in [6.45, 7) is 1.87. The van der Waals surface area contributed by atoms with Crippen molar-refractivity contribution in [3.8, 4) is 0 Å². The SMILES string of the molecule is Cc1cc(S(=O)(=O)N[C@@H]2CCCC[C@H]2N)ccc1Br. The quantitative estimate of drug-likeness (QED) is 0.881. The summed E-state index contributed by atoms with van der Waals surface area (Å²) in [6.07, 6.45) is 3.81. The van der Waals surface area contributed by atoms with Crippen LogP contribution in [0.25, 0.3) is 0 Å². The average molecular weight is 347 g/mol. The highest BCUT2D eigenvalue weighted by Gasteiger charge is 2.27. The van der Waals surface area contributed by atoms with Gasteiger partial charge in [0.2, 0.25) is 10.0 Å². The zero-order valence-corrected chi connectivity index (χ0v) is 13.3. The Labute approximate surface area is 122 Å². The van der Waals surface area contributed by atoms with Crippen molar-refractivity contribution in [2.75, 3.05) is 0 Å². The molecule has 4 nitrogen and oxygen atoms in total. The first-order valence-electron chi connectivity index (χ1n) is 6.44. The van der Waals surface area contributed by atoms with Gasteiger partial charge in [-0.3, -0.25) is 0 Å². The molecule has 1 aliphatic carbocycles. The Morgan fingerprint density at radius 1 is 1.32 bits per heavy atom. The molecule has 1 fully saturated rings. The van der Waals surface area contributed by atoms with E-state index < -0.39 is 10.0 Å². The fraction of sp³-hybridized carbons (Fsp3) is 0.538. The van der Waals surface area contributed by atoms with E-state index in [0.717, 1.165) is 35.7 Å². The maximum absolute atomic E-state index is 12.3. The van der Waals surface area contributed by atoms with Crippen molar-refractivity contribution in [1.82, 2.24) is 4.72 Å². The number of hydrogen-bond donors (Lipinski definition) is 2. The van der Waals surface area contributed by atoms with Gasteiger partial charge in [0.25, 0.3) is 0 Å². The molecule has 0 aliphatic heterocycles. The molecule has 2 rings (SSSR count). The number of aryl methyl sites for hydroxylation is 1. The van der Waals surface area contributed by atoms with Crippen LogP contribution >= 0.6 is 15.9 Å². The molecule has 0 amide bonds. The van der Waals surface area contributed by atoms with Crippen LogP contribution in [0.4, 0.5) is 0 Å². The summed E-state index contributed by atoms with van der Waals surface area (Å²) in [5.74, 6) is 0. The Morgan fingerprint density at radius 3 is 2.63 bits per heavy atom. The van der Waals surface area contributed by atoms with E-state index in [0.29, 0.717) is 4.90 Å². The minimum atomic E-state index is -3.48. The maximum atomic E-state index is 12.3. The molecule has 1 aromatic rings. The Balaban J connectivity index is 2.19. The van der Waals surface area contributed by atoms with E-state index in [9.17, 15) is 8.42 Å². The van der Waals surface area contributed by atoms with E-state index in [1.807, 2.05) is 6.92 Å². The van der Waals surface area contributed by atoms with Gasteiger partial charge in [0.1, 0.15) is 0 Å². The third-order valence-corrected chi connectivity index (χ3v) is 5.94. The molecule has 0 saturated heterocycles. The van der Waals surface area contributed by atoms with Gasteiger partial charge in [-0.2, -0.15) is 0 Å². The molecule has 1 aliphatic rings. The second kappa shape index (κ2) is 5.91. The van der Waals surface area contributed by atoms with Gasteiger partial charge in [0.15, 0.2) is 0 Å². The van der Waals surface area contributed by atoms with Gasteiger partial charge >= 0.3 is 0 Å². The molecule has 0 spiro atoms. The van der Waals surface area contributed by atoms with Gasteiger partial charge in [-0.15, -0.1) is 0 Å². The topological polar surface area (TPSA) is 72.2 Å². The fourth-order valence-electron chi connectivity index (χ4n) is 2.36. The highest BCUT2D eigenvalue weighted by atomic mass is 79.9. The zero-order valence-electron chi connectivity index (χ0n) is 10.9. The van der Waals surface area contributed by atoms with Crippen LogP contribution in [0.5, 0.6) is 0 Å². The molecule has 1 aromatic carbocycles. The predicted octanol–water partition coefficient (Wildman–Crippen LogP) is 2.31. The molecule has 6 heteroatoms. The normalized spacial score (nSPS) is 24.4. The number of benzene rings is 1. The van der Waals surface area contributed by atoms with Crippen LogP contribution in [0, 0.1) is 6.92 Å². The minimum absolute atomic E-state index is 0.0833. The molecule has 0 aromatic heterocycles. The van der Waals surface area contributed by atoms with Crippen molar-refractivity contribution in [2.24, 2.45) is 5.73 Å². The second-order valence-electron chi connectivity index (χ2n) is 5.09. The first kappa shape index (κ1) is 15.0. The molecule has 0 radical (unpaired) electrons. The number of halogens is 1. The molecule has 2 atom stereocenters. The summed E-state index contributed by atoms with van der Waals surface area (Å²) in [7, 11) is -3.48. The van der Waals surface area contributed by atoms with Gasteiger partial charge in [-0.1, -0.05) is 28.8 Å². The lowest BCUT2D eigenvalue weighted by molar-refractivity contribution is 0.361. The molecule has 19 heavy (non-hydrogen) atoms. The number of hydrogen-bond acceptors (Lipinski definition) is 3. The largest absolute Gasteiger partial charge is 0.326 e. The smallest absolute Gasteiger partial charge is 0.240 e. The second-order valence-corrected chi connectivity index (χ2v) is 7.66. The monoisotopic (exact) mass is 346 g/mol. The van der Waals surface area contributed by atoms with Crippen molar-refractivity contribution >= 4 is 26.0 Å². The van der Waals surface area contributed by atoms with Crippen LogP contribution in [-0.2, 0) is 10.0 Å². The third kappa shape index (κ3) is 3.56. The highest BCUT2D eigenvalue weighted by Crippen LogP contribution is 2.22. The van der Waals surface area contributed by atoms with E-state index in [1.165, 1.54) is 0 Å². The van der Waals surface area contributed by atoms with Crippen molar-refractivity contribution in [3.63, 3.8) is 0 Å². The fourth-order valence-corrected chi connectivity index (χ4v) is 4.01. The van der Waals surface area contributed by atoms with Crippen molar-refractivity contribution in [2.45, 2.75) is 49.6 Å². The van der Waals surface area contributed by atoms with E-state index in [-0.39, 0.29) is 12.1 Å². The summed E-state index contributed by atoms with van der Waals surface area (Å²) in [5, 5.41) is 0. The molecule has 3 N–H and O–H groups in total. The first-order chi connectivity index (χ1) is 8.90. The van der Waals surface area contributed by atoms with Crippen LogP contribution in [0.3, 0.4) is 0 Å². The third-order valence-electron chi connectivity index (χ3n) is 3.57. The van der Waals surface area contributed by atoms with Crippen molar-refractivity contribution < 1.29 is 8.42 Å². The molecule has 106 valence electrons. The summed E-state index contributed by atoms with van der Waals surface area (Å²) in [4.78, 5) is 0.297. The zero-order chi connectivity index (χ0) is 14.0.